The van der Waals surface area contributed by atoms with Gasteiger partial charge in [0.1, 0.15) is 11.8 Å². The molecule has 58 heavy (non-hydrogen) atoms. The lowest BCUT2D eigenvalue weighted by molar-refractivity contribution is -0.136. The van der Waals surface area contributed by atoms with Crippen molar-refractivity contribution in [2.75, 3.05) is 49.1 Å². The van der Waals surface area contributed by atoms with Gasteiger partial charge in [-0.3, -0.25) is 39.1 Å². The largest absolute Gasteiger partial charge is 0.490 e. The van der Waals surface area contributed by atoms with Gasteiger partial charge in [0.2, 0.25) is 23.5 Å². The first-order chi connectivity index (χ1) is 28.1. The molecular weight excluding hydrogens is 762 g/mol. The van der Waals surface area contributed by atoms with Crippen molar-refractivity contribution in [1.82, 2.24) is 30.4 Å². The number of fused-ring (bicyclic) bond motifs is 2. The number of nitrogens with zero attached hydrogens (tertiary/aromatic N) is 7. The molecule has 15 nitrogen and oxygen atoms in total. The number of aromatic nitrogens is 2. The molecule has 1 aromatic heterocycles. The van der Waals surface area contributed by atoms with Gasteiger partial charge in [-0.2, -0.15) is 0 Å². The van der Waals surface area contributed by atoms with Crippen LogP contribution in [0.2, 0.25) is 5.02 Å². The number of benzene rings is 2. The number of piperidine rings is 2. The molecule has 5 fully saturated rings. The summed E-state index contributed by atoms with van der Waals surface area (Å²) in [5.74, 6) is 0.197. The van der Waals surface area contributed by atoms with Crippen molar-refractivity contribution >= 4 is 58.5 Å². The Bertz CT molecular complexity index is 2180. The normalized spacial score (nSPS) is 26.3. The molecule has 2 aromatic carbocycles. The van der Waals surface area contributed by atoms with Gasteiger partial charge in [-0.05, 0) is 87.1 Å². The van der Waals surface area contributed by atoms with Crippen LogP contribution >= 0.6 is 11.6 Å². The van der Waals surface area contributed by atoms with Gasteiger partial charge in [0, 0.05) is 75.9 Å². The van der Waals surface area contributed by atoms with E-state index in [0.717, 1.165) is 88.4 Å². The van der Waals surface area contributed by atoms with E-state index in [0.29, 0.717) is 57.0 Å². The zero-order chi connectivity index (χ0) is 40.1. The monoisotopic (exact) mass is 805 g/mol. The van der Waals surface area contributed by atoms with E-state index in [2.05, 4.69) is 40.1 Å². The summed E-state index contributed by atoms with van der Waals surface area (Å²) < 4.78 is 6.09. The van der Waals surface area contributed by atoms with Crippen LogP contribution in [0.25, 0.3) is 4.85 Å². The molecule has 5 amide bonds. The molecule has 2 N–H and O–H groups in total. The van der Waals surface area contributed by atoms with E-state index in [1.54, 1.807) is 42.7 Å². The first kappa shape index (κ1) is 38.0. The summed E-state index contributed by atoms with van der Waals surface area (Å²) >= 11 is 6.16. The molecule has 5 aliphatic heterocycles. The van der Waals surface area contributed by atoms with Crippen molar-refractivity contribution < 1.29 is 28.7 Å². The van der Waals surface area contributed by atoms with Crippen molar-refractivity contribution in [3.05, 3.63) is 81.9 Å². The number of ether oxygens (including phenoxy) is 1. The second kappa shape index (κ2) is 15.6. The second-order valence-corrected chi connectivity index (χ2v) is 16.7. The van der Waals surface area contributed by atoms with E-state index in [4.69, 9.17) is 22.9 Å². The van der Waals surface area contributed by atoms with Gasteiger partial charge >= 0.3 is 0 Å². The minimum Gasteiger partial charge on any atom is -0.490 e. The van der Waals surface area contributed by atoms with Gasteiger partial charge in [0.05, 0.1) is 34.4 Å². The van der Waals surface area contributed by atoms with Crippen LogP contribution in [0.3, 0.4) is 0 Å². The fourth-order valence-electron chi connectivity index (χ4n) is 9.68. The van der Waals surface area contributed by atoms with Crippen LogP contribution in [0.4, 0.5) is 17.3 Å². The predicted molar refractivity (Wildman–Crippen MR) is 213 cm³/mol. The number of hydrogen-bond acceptors (Lipinski definition) is 11. The Kier molecular flexibility index (Phi) is 10.2. The van der Waals surface area contributed by atoms with E-state index in [-0.39, 0.29) is 30.9 Å². The van der Waals surface area contributed by atoms with Gasteiger partial charge in [-0.15, -0.1) is 0 Å². The van der Waals surface area contributed by atoms with Crippen LogP contribution < -0.4 is 25.2 Å². The fraction of sp³-hybridized carbons (Fsp3) is 0.476. The number of rotatable bonds is 8. The summed E-state index contributed by atoms with van der Waals surface area (Å²) in [6.07, 6.45) is 8.68. The predicted octanol–water partition coefficient (Wildman–Crippen LogP) is 4.24. The number of imide groups is 2. The van der Waals surface area contributed by atoms with Crippen LogP contribution in [-0.4, -0.2) is 113 Å². The summed E-state index contributed by atoms with van der Waals surface area (Å²) in [5.41, 5.74) is 2.34. The Morgan fingerprint density at radius 1 is 0.845 bits per heavy atom. The molecule has 6 heterocycles. The summed E-state index contributed by atoms with van der Waals surface area (Å²) in [6, 6.07) is 10.0. The zero-order valence-corrected chi connectivity index (χ0v) is 32.7. The van der Waals surface area contributed by atoms with Crippen LogP contribution in [0.1, 0.15) is 82.4 Å². The average Bonchev–Trinajstić information content (AvgIpc) is 3.89. The molecule has 1 aliphatic carbocycles. The third kappa shape index (κ3) is 7.35. The highest BCUT2D eigenvalue weighted by molar-refractivity contribution is 6.33. The topological polar surface area (TPSA) is 162 Å². The number of likely N-dealkylation sites (tertiary alicyclic amines) is 1. The van der Waals surface area contributed by atoms with Gasteiger partial charge in [-0.1, -0.05) is 17.7 Å². The SMILES string of the molecule is [C-]#[N+]c1ccc(OC2CCC(NC(=O)c3cnc(N4C[C@@H]5CN(C6CCN(c7ccc8c(c7)C(=O)N(C7CCC(=O)NC7=O)C8=O)CC6)C[C@@H]5C4)nc3)CC2)cc1Cl. The van der Waals surface area contributed by atoms with E-state index in [1.807, 2.05) is 6.07 Å². The Morgan fingerprint density at radius 3 is 2.22 bits per heavy atom. The second-order valence-electron chi connectivity index (χ2n) is 16.3. The molecule has 16 heteroatoms. The molecule has 0 bridgehead atoms. The van der Waals surface area contributed by atoms with E-state index >= 15 is 0 Å². The highest BCUT2D eigenvalue weighted by Crippen LogP contribution is 2.37. The third-order valence-corrected chi connectivity index (χ3v) is 13.1. The van der Waals surface area contributed by atoms with Gasteiger partial charge < -0.3 is 19.9 Å². The maximum Gasteiger partial charge on any atom is 0.262 e. The Morgan fingerprint density at radius 2 is 1.55 bits per heavy atom. The van der Waals surface area contributed by atoms with Crippen LogP contribution in [0, 0.1) is 18.4 Å². The number of carbonyl (C=O) groups is 5. The Labute approximate surface area is 340 Å². The van der Waals surface area contributed by atoms with Crippen molar-refractivity contribution in [1.29, 1.82) is 0 Å². The number of carbonyl (C=O) groups excluding carboxylic acids is 5. The molecule has 4 saturated heterocycles. The first-order valence-electron chi connectivity index (χ1n) is 20.2. The summed E-state index contributed by atoms with van der Waals surface area (Å²) in [7, 11) is 0. The van der Waals surface area contributed by atoms with E-state index in [9.17, 15) is 24.0 Å². The van der Waals surface area contributed by atoms with Crippen LogP contribution in [0.15, 0.2) is 48.8 Å². The smallest absolute Gasteiger partial charge is 0.262 e. The maximum atomic E-state index is 13.4. The van der Waals surface area contributed by atoms with Gasteiger partial charge in [-0.25, -0.2) is 14.8 Å². The Balaban J connectivity index is 0.718. The lowest BCUT2D eigenvalue weighted by Crippen LogP contribution is -2.54. The van der Waals surface area contributed by atoms with E-state index < -0.39 is 29.7 Å². The third-order valence-electron chi connectivity index (χ3n) is 12.8. The van der Waals surface area contributed by atoms with E-state index in [1.165, 1.54) is 0 Å². The van der Waals surface area contributed by atoms with Crippen LogP contribution in [0.5, 0.6) is 5.75 Å². The summed E-state index contributed by atoms with van der Waals surface area (Å²) in [4.78, 5) is 84.4. The van der Waals surface area contributed by atoms with Gasteiger partial charge in [0.15, 0.2) is 0 Å². The van der Waals surface area contributed by atoms with Crippen molar-refractivity contribution in [3.63, 3.8) is 0 Å². The molecule has 0 spiro atoms. The van der Waals surface area contributed by atoms with Gasteiger partial charge in [0.25, 0.3) is 17.7 Å². The highest BCUT2D eigenvalue weighted by Gasteiger charge is 2.46. The molecule has 0 radical (unpaired) electrons. The fourth-order valence-corrected chi connectivity index (χ4v) is 9.89. The average molecular weight is 806 g/mol. The first-order valence-corrected chi connectivity index (χ1v) is 20.6. The summed E-state index contributed by atoms with van der Waals surface area (Å²) in [5, 5.41) is 5.77. The number of halogens is 1. The number of anilines is 2. The molecule has 1 saturated carbocycles. The molecule has 1 unspecified atom stereocenters. The maximum absolute atomic E-state index is 13.4. The minimum absolute atomic E-state index is 0.0277. The molecule has 9 rings (SSSR count). The Hall–Kier alpha value is -5.59. The van der Waals surface area contributed by atoms with Crippen LogP contribution in [-0.2, 0) is 9.59 Å². The van der Waals surface area contributed by atoms with Crippen molar-refractivity contribution in [2.45, 2.75) is 75.6 Å². The quantitative estimate of drug-likeness (QED) is 0.248. The lowest BCUT2D eigenvalue weighted by atomic mass is 9.92. The minimum atomic E-state index is -0.975. The molecule has 300 valence electrons. The van der Waals surface area contributed by atoms with Crippen molar-refractivity contribution in [3.8, 4) is 5.75 Å². The number of nitrogens with one attached hydrogen (secondary N) is 2. The molecular formula is C42H44ClN9O6. The highest BCUT2D eigenvalue weighted by atomic mass is 35.5. The zero-order valence-electron chi connectivity index (χ0n) is 31.9. The standard InChI is InChI=1S/C42H44ClN9O6/c1-44-35-9-7-31(17-34(35)43)58-30-5-2-27(3-6-30)47-38(54)24-18-45-42(46-19-24)51-22-25-20-50(21-26(25)23-51)28-12-14-49(15-13-28)29-4-8-32-33(16-29)41(57)52(40(32)56)36-10-11-37(53)48-39(36)55/h4,7-9,16-19,25-28,30,36H,2-3,5-6,10-15,20-23H2,(H,47,54)(H,48,53,55)/t25-,26+,27?,30?,36?. The van der Waals surface area contributed by atoms with Crippen molar-refractivity contribution in [2.24, 2.45) is 11.8 Å². The number of amides is 5. The number of hydrogen-bond donors (Lipinski definition) is 2. The summed E-state index contributed by atoms with van der Waals surface area (Å²) in [6.45, 7) is 12.6. The molecule has 3 atom stereocenters. The lowest BCUT2D eigenvalue weighted by Gasteiger charge is -2.38. The molecule has 6 aliphatic rings. The molecule has 3 aromatic rings.